The molecule has 0 aromatic heterocycles. The van der Waals surface area contributed by atoms with E-state index in [9.17, 15) is 19.6 Å². The maximum absolute atomic E-state index is 12.8. The third-order valence-corrected chi connectivity index (χ3v) is 3.45. The lowest BCUT2D eigenvalue weighted by Gasteiger charge is -2.17. The van der Waals surface area contributed by atoms with Crippen LogP contribution in [0.2, 0.25) is 0 Å². The Hall–Kier alpha value is -2.31. The van der Waals surface area contributed by atoms with Crippen molar-refractivity contribution in [2.24, 2.45) is 0 Å². The minimum absolute atomic E-state index is 0.0326. The molecule has 116 valence electrons. The second-order valence-electron chi connectivity index (χ2n) is 5.05. The van der Waals surface area contributed by atoms with E-state index in [1.54, 1.807) is 12.1 Å². The minimum Gasteiger partial charge on any atom is -0.387 e. The number of aliphatic hydroxyl groups is 1. The first kappa shape index (κ1) is 16.1. The number of hydrogen-bond acceptors (Lipinski definition) is 4. The van der Waals surface area contributed by atoms with E-state index in [4.69, 9.17) is 0 Å². The summed E-state index contributed by atoms with van der Waals surface area (Å²) in [5, 5.41) is 23.9. The summed E-state index contributed by atoms with van der Waals surface area (Å²) in [4.78, 5) is 10.3. The Morgan fingerprint density at radius 2 is 1.91 bits per heavy atom. The molecule has 0 saturated heterocycles. The highest BCUT2D eigenvalue weighted by molar-refractivity contribution is 5.35. The van der Waals surface area contributed by atoms with E-state index in [1.165, 1.54) is 36.4 Å². The highest BCUT2D eigenvalue weighted by atomic mass is 19.1. The van der Waals surface area contributed by atoms with E-state index >= 15 is 0 Å². The van der Waals surface area contributed by atoms with E-state index in [0.717, 1.165) is 5.56 Å². The maximum atomic E-state index is 12.8. The summed E-state index contributed by atoms with van der Waals surface area (Å²) >= 11 is 0. The number of nitrogens with one attached hydrogen (secondary N) is 1. The van der Waals surface area contributed by atoms with Gasteiger partial charge in [-0.3, -0.25) is 10.1 Å². The second kappa shape index (κ2) is 7.11. The van der Waals surface area contributed by atoms with Gasteiger partial charge in [0.05, 0.1) is 11.0 Å². The number of nitro groups is 1. The van der Waals surface area contributed by atoms with Crippen LogP contribution in [-0.4, -0.2) is 16.6 Å². The molecule has 0 aliphatic rings. The topological polar surface area (TPSA) is 75.4 Å². The number of benzene rings is 2. The number of hydrogen-bond donors (Lipinski definition) is 2. The average Bonchev–Trinajstić information content (AvgIpc) is 2.53. The van der Waals surface area contributed by atoms with Crippen LogP contribution in [0.15, 0.2) is 48.5 Å². The molecule has 2 aromatic rings. The molecule has 2 N–H and O–H groups in total. The Labute approximate surface area is 127 Å². The molecule has 0 fully saturated rings. The van der Waals surface area contributed by atoms with Crippen LogP contribution in [0.3, 0.4) is 0 Å². The normalized spacial score (nSPS) is 13.6. The van der Waals surface area contributed by atoms with Crippen molar-refractivity contribution in [3.05, 3.63) is 75.6 Å². The van der Waals surface area contributed by atoms with Gasteiger partial charge in [-0.1, -0.05) is 24.3 Å². The van der Waals surface area contributed by atoms with Gasteiger partial charge >= 0.3 is 0 Å². The van der Waals surface area contributed by atoms with Crippen molar-refractivity contribution in [1.29, 1.82) is 0 Å². The molecule has 2 unspecified atom stereocenters. The molecule has 0 spiro atoms. The number of nitrogens with zero attached hydrogens (tertiary/aromatic N) is 1. The van der Waals surface area contributed by atoms with Crippen molar-refractivity contribution < 1.29 is 14.4 Å². The van der Waals surface area contributed by atoms with Gasteiger partial charge in [0, 0.05) is 24.7 Å². The lowest BCUT2D eigenvalue weighted by Crippen LogP contribution is -2.24. The van der Waals surface area contributed by atoms with Crippen molar-refractivity contribution in [3.63, 3.8) is 0 Å². The number of rotatable bonds is 6. The van der Waals surface area contributed by atoms with Crippen LogP contribution in [0.4, 0.5) is 10.1 Å². The van der Waals surface area contributed by atoms with E-state index < -0.39 is 11.0 Å². The van der Waals surface area contributed by atoms with Crippen LogP contribution >= 0.6 is 0 Å². The number of non-ortho nitro benzene ring substituents is 1. The van der Waals surface area contributed by atoms with Gasteiger partial charge < -0.3 is 10.4 Å². The van der Waals surface area contributed by atoms with Gasteiger partial charge in [0.1, 0.15) is 5.82 Å². The Kier molecular flexibility index (Phi) is 5.19. The molecule has 5 nitrogen and oxygen atoms in total. The summed E-state index contributed by atoms with van der Waals surface area (Å²) in [7, 11) is 0. The fourth-order valence-electron chi connectivity index (χ4n) is 2.12. The zero-order valence-electron chi connectivity index (χ0n) is 12.1. The molecule has 6 heteroatoms. The fraction of sp³-hybridized carbons (Fsp3) is 0.250. The highest BCUT2D eigenvalue weighted by Crippen LogP contribution is 2.20. The Balaban J connectivity index is 1.97. The van der Waals surface area contributed by atoms with Gasteiger partial charge in [-0.15, -0.1) is 0 Å². The summed E-state index contributed by atoms with van der Waals surface area (Å²) < 4.78 is 12.8. The van der Waals surface area contributed by atoms with Crippen LogP contribution in [0.1, 0.15) is 30.2 Å². The first-order valence-electron chi connectivity index (χ1n) is 6.88. The molecular weight excluding hydrogens is 287 g/mol. The molecule has 0 bridgehead atoms. The summed E-state index contributed by atoms with van der Waals surface area (Å²) in [6, 6.07) is 11.8. The molecule has 0 radical (unpaired) electrons. The predicted molar refractivity (Wildman–Crippen MR) is 80.9 cm³/mol. The van der Waals surface area contributed by atoms with Crippen LogP contribution in [0.25, 0.3) is 0 Å². The molecule has 2 aromatic carbocycles. The molecule has 0 aliphatic carbocycles. The van der Waals surface area contributed by atoms with Gasteiger partial charge in [-0.2, -0.15) is 0 Å². The first-order chi connectivity index (χ1) is 10.5. The average molecular weight is 304 g/mol. The van der Waals surface area contributed by atoms with Crippen molar-refractivity contribution in [3.8, 4) is 0 Å². The standard InChI is InChI=1S/C16H17FN2O3/c1-11(13-3-2-4-15(9-13)19(21)22)18-10-16(20)12-5-7-14(17)8-6-12/h2-9,11,16,18,20H,10H2,1H3. The predicted octanol–water partition coefficient (Wildman–Crippen LogP) is 3.12. The number of aliphatic hydroxyl groups excluding tert-OH is 1. The molecular formula is C16H17FN2O3. The van der Waals surface area contributed by atoms with E-state index in [-0.39, 0.29) is 24.1 Å². The molecule has 2 atom stereocenters. The monoisotopic (exact) mass is 304 g/mol. The highest BCUT2D eigenvalue weighted by Gasteiger charge is 2.13. The van der Waals surface area contributed by atoms with Crippen molar-refractivity contribution in [1.82, 2.24) is 5.32 Å². The smallest absolute Gasteiger partial charge is 0.269 e. The van der Waals surface area contributed by atoms with Gasteiger partial charge in [0.15, 0.2) is 0 Å². The molecule has 0 amide bonds. The Bertz CT molecular complexity index is 646. The summed E-state index contributed by atoms with van der Waals surface area (Å²) in [6.45, 7) is 2.12. The van der Waals surface area contributed by atoms with Gasteiger partial charge in [-0.25, -0.2) is 4.39 Å². The van der Waals surface area contributed by atoms with E-state index in [2.05, 4.69) is 5.32 Å². The SMILES string of the molecule is CC(NCC(O)c1ccc(F)cc1)c1cccc([N+](=O)[O-])c1. The van der Waals surface area contributed by atoms with E-state index in [1.807, 2.05) is 6.92 Å². The largest absolute Gasteiger partial charge is 0.387 e. The van der Waals surface area contributed by atoms with Crippen LogP contribution in [-0.2, 0) is 0 Å². The van der Waals surface area contributed by atoms with Gasteiger partial charge in [-0.05, 0) is 30.2 Å². The zero-order valence-corrected chi connectivity index (χ0v) is 12.1. The van der Waals surface area contributed by atoms with Crippen molar-refractivity contribution in [2.45, 2.75) is 19.1 Å². The third kappa shape index (κ3) is 4.09. The molecule has 0 saturated carbocycles. The first-order valence-corrected chi connectivity index (χ1v) is 6.88. The van der Waals surface area contributed by atoms with Crippen LogP contribution < -0.4 is 5.32 Å². The molecule has 0 aliphatic heterocycles. The summed E-state index contributed by atoms with van der Waals surface area (Å²) in [5.74, 6) is -0.353. The summed E-state index contributed by atoms with van der Waals surface area (Å²) in [5.41, 5.74) is 1.41. The quantitative estimate of drug-likeness (QED) is 0.635. The number of halogens is 1. The minimum atomic E-state index is -0.776. The van der Waals surface area contributed by atoms with Crippen LogP contribution in [0, 0.1) is 15.9 Å². The zero-order chi connectivity index (χ0) is 16.1. The second-order valence-corrected chi connectivity index (χ2v) is 5.05. The van der Waals surface area contributed by atoms with Crippen LogP contribution in [0.5, 0.6) is 0 Å². The number of nitro benzene ring substituents is 1. The lowest BCUT2D eigenvalue weighted by molar-refractivity contribution is -0.384. The van der Waals surface area contributed by atoms with Crippen molar-refractivity contribution >= 4 is 5.69 Å². The van der Waals surface area contributed by atoms with Gasteiger partial charge in [0.25, 0.3) is 5.69 Å². The lowest BCUT2D eigenvalue weighted by atomic mass is 10.1. The Morgan fingerprint density at radius 1 is 1.23 bits per heavy atom. The van der Waals surface area contributed by atoms with Gasteiger partial charge in [0.2, 0.25) is 0 Å². The fourth-order valence-corrected chi connectivity index (χ4v) is 2.12. The molecule has 0 heterocycles. The third-order valence-electron chi connectivity index (χ3n) is 3.45. The van der Waals surface area contributed by atoms with Crippen molar-refractivity contribution in [2.75, 3.05) is 6.54 Å². The Morgan fingerprint density at radius 3 is 2.55 bits per heavy atom. The maximum Gasteiger partial charge on any atom is 0.269 e. The van der Waals surface area contributed by atoms with E-state index in [0.29, 0.717) is 5.56 Å². The molecule has 2 rings (SSSR count). The molecule has 22 heavy (non-hydrogen) atoms. The summed E-state index contributed by atoms with van der Waals surface area (Å²) in [6.07, 6.45) is -0.776.